The Morgan fingerprint density at radius 2 is 1.49 bits per heavy atom. The van der Waals surface area contributed by atoms with Crippen molar-refractivity contribution in [3.63, 3.8) is 0 Å². The lowest BCUT2D eigenvalue weighted by Gasteiger charge is -2.32. The van der Waals surface area contributed by atoms with E-state index in [0.717, 1.165) is 32.8 Å². The lowest BCUT2D eigenvalue weighted by Crippen LogP contribution is -2.39. The number of carboxylic acids is 2. The topological polar surface area (TPSA) is 90.3 Å². The molecule has 0 radical (unpaired) electrons. The van der Waals surface area contributed by atoms with Gasteiger partial charge in [0.15, 0.2) is 0 Å². The second kappa shape index (κ2) is 14.9. The van der Waals surface area contributed by atoms with Gasteiger partial charge < -0.3 is 19.8 Å². The molecule has 2 rings (SSSR count). The molecule has 0 spiro atoms. The van der Waals surface area contributed by atoms with E-state index in [0.29, 0.717) is 12.0 Å². The highest BCUT2D eigenvalue weighted by Gasteiger charge is 2.38. The number of ether oxygens (including phenoxy) is 1. The van der Waals surface area contributed by atoms with Gasteiger partial charge in [-0.3, -0.25) is 4.90 Å². The zero-order valence-corrected chi connectivity index (χ0v) is 20.0. The van der Waals surface area contributed by atoms with Gasteiger partial charge in [0.05, 0.1) is 13.2 Å². The first-order chi connectivity index (χ1) is 15.9. The predicted octanol–water partition coefficient (Wildman–Crippen LogP) is 4.05. The first-order valence-electron chi connectivity index (χ1n) is 10.6. The molecule has 0 aliphatic carbocycles. The van der Waals surface area contributed by atoms with Crippen molar-refractivity contribution in [2.24, 2.45) is 5.92 Å². The average Bonchev–Trinajstić information content (AvgIpc) is 2.89. The molecule has 1 aromatic rings. The summed E-state index contributed by atoms with van der Waals surface area (Å²) in [5, 5.41) is 14.2. The number of hydrogen-bond acceptors (Lipinski definition) is 5. The molecule has 1 aromatic carbocycles. The smallest absolute Gasteiger partial charge is 0.475 e. The highest BCUT2D eigenvalue weighted by Crippen LogP contribution is 2.21. The molecular formula is C22H32F6N2O5. The van der Waals surface area contributed by atoms with Gasteiger partial charge in [-0.25, -0.2) is 9.59 Å². The Kier molecular flexibility index (Phi) is 13.9. The molecule has 202 valence electrons. The molecule has 1 saturated heterocycles. The van der Waals surface area contributed by atoms with Crippen LogP contribution >= 0.6 is 0 Å². The largest absolute Gasteiger partial charge is 0.490 e. The van der Waals surface area contributed by atoms with E-state index in [1.807, 2.05) is 0 Å². The number of alkyl halides is 6. The number of rotatable bonds is 5. The second-order valence-corrected chi connectivity index (χ2v) is 8.23. The predicted molar refractivity (Wildman–Crippen MR) is 116 cm³/mol. The summed E-state index contributed by atoms with van der Waals surface area (Å²) in [5.41, 5.74) is 2.73. The molecule has 2 atom stereocenters. The van der Waals surface area contributed by atoms with Gasteiger partial charge in [-0.15, -0.1) is 0 Å². The van der Waals surface area contributed by atoms with E-state index in [2.05, 4.69) is 62.0 Å². The third kappa shape index (κ3) is 14.6. The minimum absolute atomic E-state index is 0.578. The summed E-state index contributed by atoms with van der Waals surface area (Å²) in [7, 11) is 4.29. The normalized spacial score (nSPS) is 19.1. The van der Waals surface area contributed by atoms with Crippen molar-refractivity contribution in [3.8, 4) is 0 Å². The summed E-state index contributed by atoms with van der Waals surface area (Å²) >= 11 is 0. The van der Waals surface area contributed by atoms with Gasteiger partial charge in [0.25, 0.3) is 0 Å². The average molecular weight is 518 g/mol. The van der Waals surface area contributed by atoms with Crippen LogP contribution in [0.3, 0.4) is 0 Å². The summed E-state index contributed by atoms with van der Waals surface area (Å²) in [6.07, 6.45) is -8.96. The number of halogens is 6. The molecule has 1 fully saturated rings. The molecule has 0 amide bonds. The maximum atomic E-state index is 10.6. The molecule has 35 heavy (non-hydrogen) atoms. The molecule has 1 aliphatic heterocycles. The van der Waals surface area contributed by atoms with Crippen LogP contribution in [0, 0.1) is 12.8 Å². The van der Waals surface area contributed by atoms with Gasteiger partial charge in [0.2, 0.25) is 0 Å². The van der Waals surface area contributed by atoms with Crippen LogP contribution in [0.4, 0.5) is 26.3 Å². The van der Waals surface area contributed by atoms with Gasteiger partial charge in [-0.1, -0.05) is 29.8 Å². The molecule has 0 bridgehead atoms. The molecule has 0 unspecified atom stereocenters. The van der Waals surface area contributed by atoms with Crippen LogP contribution in [-0.4, -0.2) is 90.7 Å². The highest BCUT2D eigenvalue weighted by molar-refractivity contribution is 5.73. The Bertz CT molecular complexity index is 745. The van der Waals surface area contributed by atoms with Crippen molar-refractivity contribution >= 4 is 11.9 Å². The first kappa shape index (κ1) is 32.6. The maximum absolute atomic E-state index is 10.6. The zero-order chi connectivity index (χ0) is 27.4. The summed E-state index contributed by atoms with van der Waals surface area (Å²) in [6, 6.07) is 9.50. The minimum Gasteiger partial charge on any atom is -0.475 e. The Balaban J connectivity index is 0.000000680. The van der Waals surface area contributed by atoms with Crippen LogP contribution in [0.25, 0.3) is 0 Å². The number of benzene rings is 1. The van der Waals surface area contributed by atoms with E-state index < -0.39 is 24.3 Å². The lowest BCUT2D eigenvalue weighted by atomic mass is 9.96. The van der Waals surface area contributed by atoms with E-state index in [1.165, 1.54) is 17.5 Å². The van der Waals surface area contributed by atoms with Crippen LogP contribution in [0.2, 0.25) is 0 Å². The molecule has 13 heteroatoms. The van der Waals surface area contributed by atoms with Gasteiger partial charge in [0.1, 0.15) is 0 Å². The number of carboxylic acid groups (broad SMARTS) is 2. The molecule has 0 saturated carbocycles. The Labute approximate surface area is 200 Å². The summed E-state index contributed by atoms with van der Waals surface area (Å²) in [6.45, 7) is 9.47. The number of aliphatic carboxylic acids is 2. The van der Waals surface area contributed by atoms with Crippen LogP contribution in [0.15, 0.2) is 24.3 Å². The third-order valence-electron chi connectivity index (χ3n) is 5.05. The zero-order valence-electron chi connectivity index (χ0n) is 20.0. The fraction of sp³-hybridized carbons (Fsp3) is 0.636. The van der Waals surface area contributed by atoms with Gasteiger partial charge >= 0.3 is 24.3 Å². The van der Waals surface area contributed by atoms with Gasteiger partial charge in [0, 0.05) is 19.1 Å². The summed E-state index contributed by atoms with van der Waals surface area (Å²) in [5.74, 6) is -4.89. The Hall–Kier alpha value is -2.38. The van der Waals surface area contributed by atoms with Crippen LogP contribution < -0.4 is 0 Å². The van der Waals surface area contributed by atoms with E-state index in [-0.39, 0.29) is 0 Å². The highest BCUT2D eigenvalue weighted by atomic mass is 19.4. The van der Waals surface area contributed by atoms with E-state index in [9.17, 15) is 26.3 Å². The number of carbonyl (C=O) groups is 2. The fourth-order valence-electron chi connectivity index (χ4n) is 2.96. The van der Waals surface area contributed by atoms with Gasteiger partial charge in [-0.05, 0) is 52.4 Å². The van der Waals surface area contributed by atoms with Gasteiger partial charge in [-0.2, -0.15) is 26.3 Å². The summed E-state index contributed by atoms with van der Waals surface area (Å²) in [4.78, 5) is 22.6. The lowest BCUT2D eigenvalue weighted by molar-refractivity contribution is -0.193. The molecule has 7 nitrogen and oxygen atoms in total. The van der Waals surface area contributed by atoms with Crippen LogP contribution in [-0.2, 0) is 20.9 Å². The summed E-state index contributed by atoms with van der Waals surface area (Å²) < 4.78 is 69.3. The second-order valence-electron chi connectivity index (χ2n) is 8.23. The number of aryl methyl sites for hydroxylation is 1. The Morgan fingerprint density at radius 3 is 1.89 bits per heavy atom. The number of hydrogen-bond donors (Lipinski definition) is 2. The van der Waals surface area contributed by atoms with Crippen LogP contribution in [0.5, 0.6) is 0 Å². The van der Waals surface area contributed by atoms with E-state index in [1.54, 1.807) is 0 Å². The Morgan fingerprint density at radius 1 is 1.03 bits per heavy atom. The van der Waals surface area contributed by atoms with Crippen molar-refractivity contribution in [2.45, 2.75) is 45.2 Å². The van der Waals surface area contributed by atoms with Crippen LogP contribution in [0.1, 0.15) is 24.5 Å². The molecule has 1 heterocycles. The third-order valence-corrected chi connectivity index (χ3v) is 5.05. The van der Waals surface area contributed by atoms with Crippen molar-refractivity contribution in [1.82, 2.24) is 9.80 Å². The minimum atomic E-state index is -5.08. The fourth-order valence-corrected chi connectivity index (χ4v) is 2.96. The molecule has 1 aliphatic rings. The standard InChI is InChI=1S/C18H30N2O.2C2HF3O2/c1-15-5-7-17(8-6-15)13-20-11-12-21-14-18(16(20)2)9-10-19(3)4;2*3-2(4,5)1(6)7/h5-8,16,18H,9-14H2,1-4H3;2*(H,6,7)/t16-,18+;;/m0../s1. The maximum Gasteiger partial charge on any atom is 0.490 e. The van der Waals surface area contributed by atoms with Crippen molar-refractivity contribution < 1.29 is 50.9 Å². The van der Waals surface area contributed by atoms with Crippen molar-refractivity contribution in [2.75, 3.05) is 40.4 Å². The molecule has 0 aromatic heterocycles. The molecular weight excluding hydrogens is 486 g/mol. The SMILES string of the molecule is Cc1ccc(CN2CCOC[C@@H](CCN(C)C)[C@@H]2C)cc1.O=C(O)C(F)(F)F.O=C(O)C(F)(F)F. The van der Waals surface area contributed by atoms with E-state index in [4.69, 9.17) is 24.5 Å². The van der Waals surface area contributed by atoms with E-state index >= 15 is 0 Å². The first-order valence-corrected chi connectivity index (χ1v) is 10.6. The monoisotopic (exact) mass is 518 g/mol. The van der Waals surface area contributed by atoms with Crippen molar-refractivity contribution in [3.05, 3.63) is 35.4 Å². The quantitative estimate of drug-likeness (QED) is 0.569. The molecule has 2 N–H and O–H groups in total. The van der Waals surface area contributed by atoms with Crippen molar-refractivity contribution in [1.29, 1.82) is 0 Å². The number of nitrogens with zero attached hydrogens (tertiary/aromatic N) is 2.